The molecule has 0 aliphatic carbocycles. The number of carbonyl (C=O) groups is 1. The maximum atomic E-state index is 14.4. The number of nitrogens with zero attached hydrogens (tertiary/aromatic N) is 1. The molecular formula is C22H23Cl2FN6O2. The van der Waals surface area contributed by atoms with Gasteiger partial charge in [-0.05, 0) is 55.8 Å². The van der Waals surface area contributed by atoms with Crippen LogP contribution in [-0.4, -0.2) is 29.1 Å². The van der Waals surface area contributed by atoms with Crippen molar-refractivity contribution in [1.82, 2.24) is 15.3 Å². The highest BCUT2D eigenvalue weighted by molar-refractivity contribution is 6.40. The Morgan fingerprint density at radius 2 is 1.91 bits per heavy atom. The second-order valence-corrected chi connectivity index (χ2v) is 8.09. The van der Waals surface area contributed by atoms with Gasteiger partial charge in [0.05, 0.1) is 21.3 Å². The van der Waals surface area contributed by atoms with Gasteiger partial charge in [0.1, 0.15) is 5.82 Å². The number of nitrogens with one attached hydrogen (secondary N) is 4. The fraction of sp³-hybridized carbons (Fsp3) is 0.227. The van der Waals surface area contributed by atoms with E-state index in [9.17, 15) is 14.0 Å². The van der Waals surface area contributed by atoms with Crippen LogP contribution < -0.4 is 27.2 Å². The second kappa shape index (κ2) is 11.2. The second-order valence-electron chi connectivity index (χ2n) is 7.28. The number of halogens is 3. The number of rotatable bonds is 8. The molecule has 0 saturated heterocycles. The van der Waals surface area contributed by atoms with Gasteiger partial charge in [0.15, 0.2) is 0 Å². The summed E-state index contributed by atoms with van der Waals surface area (Å²) in [5.41, 5.74) is 6.86. The van der Waals surface area contributed by atoms with Crippen molar-refractivity contribution in [3.05, 3.63) is 73.9 Å². The van der Waals surface area contributed by atoms with Gasteiger partial charge in [-0.25, -0.2) is 9.18 Å². The Kier molecular flexibility index (Phi) is 8.40. The summed E-state index contributed by atoms with van der Waals surface area (Å²) in [6.07, 6.45) is 2.15. The number of nitrogens with two attached hydrogens (primary N) is 1. The van der Waals surface area contributed by atoms with Crippen LogP contribution >= 0.6 is 23.2 Å². The minimum atomic E-state index is -0.698. The smallest absolute Gasteiger partial charge is 0.326 e. The van der Waals surface area contributed by atoms with Crippen molar-refractivity contribution in [2.75, 3.05) is 23.7 Å². The van der Waals surface area contributed by atoms with E-state index < -0.39 is 17.4 Å². The van der Waals surface area contributed by atoms with Crippen molar-refractivity contribution in [3.8, 4) is 11.1 Å². The zero-order valence-electron chi connectivity index (χ0n) is 17.8. The van der Waals surface area contributed by atoms with E-state index in [4.69, 9.17) is 28.9 Å². The SMILES string of the molecule is Cc1cc(Cl)c(NC(=O)Nc2nc(=O)c(-c3ccc(CNCCCN)c(F)c3)c[nH]2)c(Cl)c1. The molecule has 11 heteroatoms. The zero-order valence-corrected chi connectivity index (χ0v) is 19.3. The summed E-state index contributed by atoms with van der Waals surface area (Å²) in [6.45, 7) is 3.42. The van der Waals surface area contributed by atoms with E-state index in [1.54, 1.807) is 24.3 Å². The molecule has 0 spiro atoms. The lowest BCUT2D eigenvalue weighted by atomic mass is 10.1. The normalized spacial score (nSPS) is 10.8. The van der Waals surface area contributed by atoms with Crippen molar-refractivity contribution >= 4 is 40.9 Å². The highest BCUT2D eigenvalue weighted by atomic mass is 35.5. The highest BCUT2D eigenvalue weighted by Crippen LogP contribution is 2.31. The summed E-state index contributed by atoms with van der Waals surface area (Å²) in [6, 6.07) is 7.12. The molecule has 1 aromatic heterocycles. The molecule has 1 heterocycles. The molecule has 0 aliphatic rings. The van der Waals surface area contributed by atoms with Gasteiger partial charge >= 0.3 is 6.03 Å². The topological polar surface area (TPSA) is 125 Å². The summed E-state index contributed by atoms with van der Waals surface area (Å²) >= 11 is 12.2. The molecule has 8 nitrogen and oxygen atoms in total. The predicted molar refractivity (Wildman–Crippen MR) is 129 cm³/mol. The molecule has 0 bridgehead atoms. The van der Waals surface area contributed by atoms with E-state index >= 15 is 0 Å². The molecule has 0 unspecified atom stereocenters. The quantitative estimate of drug-likeness (QED) is 0.300. The molecular weight excluding hydrogens is 470 g/mol. The minimum Gasteiger partial charge on any atom is -0.331 e. The summed E-state index contributed by atoms with van der Waals surface area (Å²) < 4.78 is 14.4. The molecule has 33 heavy (non-hydrogen) atoms. The third-order valence-corrected chi connectivity index (χ3v) is 5.29. The lowest BCUT2D eigenvalue weighted by molar-refractivity contribution is 0.262. The molecule has 3 rings (SSSR count). The molecule has 6 N–H and O–H groups in total. The van der Waals surface area contributed by atoms with Crippen LogP contribution in [-0.2, 0) is 6.54 Å². The number of anilines is 2. The molecule has 2 aromatic carbocycles. The summed E-state index contributed by atoms with van der Waals surface area (Å²) in [7, 11) is 0. The van der Waals surface area contributed by atoms with Gasteiger partial charge in [-0.15, -0.1) is 0 Å². The molecule has 174 valence electrons. The number of hydrogen-bond donors (Lipinski definition) is 5. The Labute approximate surface area is 199 Å². The van der Waals surface area contributed by atoms with E-state index in [-0.39, 0.29) is 27.2 Å². The molecule has 0 atom stereocenters. The lowest BCUT2D eigenvalue weighted by Crippen LogP contribution is -2.23. The Bertz CT molecular complexity index is 1190. The fourth-order valence-corrected chi connectivity index (χ4v) is 3.74. The molecule has 0 aliphatic heterocycles. The molecule has 0 saturated carbocycles. The van der Waals surface area contributed by atoms with Crippen LogP contribution in [0.4, 0.5) is 20.8 Å². The van der Waals surface area contributed by atoms with Crippen molar-refractivity contribution in [2.45, 2.75) is 19.9 Å². The number of H-pyrrole nitrogens is 1. The molecule has 0 fully saturated rings. The maximum Gasteiger partial charge on any atom is 0.326 e. The monoisotopic (exact) mass is 492 g/mol. The first-order chi connectivity index (χ1) is 15.8. The Morgan fingerprint density at radius 1 is 1.18 bits per heavy atom. The summed E-state index contributed by atoms with van der Waals surface area (Å²) in [5, 5.41) is 8.57. The Hall–Kier alpha value is -2.98. The average Bonchev–Trinajstić information content (AvgIpc) is 2.75. The number of benzene rings is 2. The predicted octanol–water partition coefficient (Wildman–Crippen LogP) is 4.27. The van der Waals surface area contributed by atoms with Gasteiger partial charge < -0.3 is 21.4 Å². The number of urea groups is 1. The number of aryl methyl sites for hydroxylation is 1. The van der Waals surface area contributed by atoms with E-state index in [0.29, 0.717) is 30.8 Å². The van der Waals surface area contributed by atoms with Gasteiger partial charge in [-0.1, -0.05) is 35.3 Å². The number of hydrogen-bond acceptors (Lipinski definition) is 5. The van der Waals surface area contributed by atoms with E-state index in [2.05, 4.69) is 25.9 Å². The van der Waals surface area contributed by atoms with E-state index in [1.807, 2.05) is 6.92 Å². The van der Waals surface area contributed by atoms with Crippen LogP contribution in [0, 0.1) is 12.7 Å². The van der Waals surface area contributed by atoms with E-state index in [1.165, 1.54) is 12.3 Å². The number of carbonyl (C=O) groups excluding carboxylic acids is 1. The first-order valence-corrected chi connectivity index (χ1v) is 10.9. The lowest BCUT2D eigenvalue weighted by Gasteiger charge is -2.11. The van der Waals surface area contributed by atoms with Crippen LogP contribution in [0.25, 0.3) is 11.1 Å². The summed E-state index contributed by atoms with van der Waals surface area (Å²) in [4.78, 5) is 31.3. The minimum absolute atomic E-state index is 0.0956. The number of aromatic nitrogens is 2. The van der Waals surface area contributed by atoms with Gasteiger partial charge in [-0.3, -0.25) is 10.1 Å². The van der Waals surface area contributed by atoms with Crippen LogP contribution in [0.2, 0.25) is 10.0 Å². The molecule has 2 amide bonds. The first kappa shape index (κ1) is 24.7. The summed E-state index contributed by atoms with van der Waals surface area (Å²) in [5.74, 6) is -0.539. The van der Waals surface area contributed by atoms with Gasteiger partial charge in [0, 0.05) is 18.3 Å². The van der Waals surface area contributed by atoms with Crippen LogP contribution in [0.3, 0.4) is 0 Å². The van der Waals surface area contributed by atoms with Gasteiger partial charge in [0.25, 0.3) is 5.56 Å². The third-order valence-electron chi connectivity index (χ3n) is 4.69. The zero-order chi connectivity index (χ0) is 24.0. The van der Waals surface area contributed by atoms with Crippen molar-refractivity contribution < 1.29 is 9.18 Å². The third kappa shape index (κ3) is 6.52. The van der Waals surface area contributed by atoms with Crippen LogP contribution in [0.1, 0.15) is 17.5 Å². The van der Waals surface area contributed by atoms with Crippen LogP contribution in [0.5, 0.6) is 0 Å². The highest BCUT2D eigenvalue weighted by Gasteiger charge is 2.13. The molecule has 0 radical (unpaired) electrons. The van der Waals surface area contributed by atoms with Crippen LogP contribution in [0.15, 0.2) is 41.3 Å². The van der Waals surface area contributed by atoms with Gasteiger partial charge in [-0.2, -0.15) is 4.98 Å². The van der Waals surface area contributed by atoms with Crippen molar-refractivity contribution in [2.24, 2.45) is 5.73 Å². The van der Waals surface area contributed by atoms with Gasteiger partial charge in [0.2, 0.25) is 5.95 Å². The standard InChI is InChI=1S/C22H23Cl2FN6O2/c1-12-7-16(23)19(17(24)8-12)29-22(33)31-21-28-11-15(20(32)30-21)13-3-4-14(18(25)9-13)10-27-6-2-5-26/h3-4,7-9,11,27H,2,5-6,10,26H2,1H3,(H3,28,29,30,31,32,33). The fourth-order valence-electron chi connectivity index (χ4n) is 3.05. The van der Waals surface area contributed by atoms with Crippen molar-refractivity contribution in [3.63, 3.8) is 0 Å². The average molecular weight is 493 g/mol. The van der Waals surface area contributed by atoms with Crippen molar-refractivity contribution in [1.29, 1.82) is 0 Å². The Morgan fingerprint density at radius 3 is 2.55 bits per heavy atom. The Balaban J connectivity index is 1.69. The van der Waals surface area contributed by atoms with E-state index in [0.717, 1.165) is 12.0 Å². The number of amides is 2. The first-order valence-electron chi connectivity index (χ1n) is 10.1. The molecule has 3 aromatic rings. The largest absolute Gasteiger partial charge is 0.331 e. The maximum absolute atomic E-state index is 14.4. The number of aromatic amines is 1.